The van der Waals surface area contributed by atoms with E-state index in [-0.39, 0.29) is 5.25 Å². The minimum absolute atomic E-state index is 0.272. The molecule has 0 bridgehead atoms. The summed E-state index contributed by atoms with van der Waals surface area (Å²) in [4.78, 5) is 7.49. The van der Waals surface area contributed by atoms with Gasteiger partial charge in [-0.2, -0.15) is 0 Å². The molecular weight excluding hydrogens is 250 g/mol. The number of nitrogens with one attached hydrogen (secondary N) is 2. The monoisotopic (exact) mass is 265 g/mol. The summed E-state index contributed by atoms with van der Waals surface area (Å²) < 4.78 is 23.4. The molecular formula is C12H15N3O2S. The van der Waals surface area contributed by atoms with Gasteiger partial charge in [-0.25, -0.2) is 13.4 Å². The molecule has 6 heteroatoms. The third kappa shape index (κ3) is 2.08. The van der Waals surface area contributed by atoms with Crippen molar-refractivity contribution in [1.29, 1.82) is 0 Å². The first-order valence-corrected chi connectivity index (χ1v) is 7.77. The van der Waals surface area contributed by atoms with Gasteiger partial charge in [-0.1, -0.05) is 12.1 Å². The maximum Gasteiger partial charge on any atom is 0.201 e. The van der Waals surface area contributed by atoms with Crippen LogP contribution in [0.4, 0.5) is 5.95 Å². The number of benzene rings is 1. The van der Waals surface area contributed by atoms with Gasteiger partial charge in [0.25, 0.3) is 0 Å². The Bertz CT molecular complexity index is 630. The second-order valence-electron chi connectivity index (χ2n) is 4.61. The molecule has 1 saturated heterocycles. The molecule has 2 heterocycles. The lowest BCUT2D eigenvalue weighted by Crippen LogP contribution is -2.25. The molecule has 1 aromatic carbocycles. The van der Waals surface area contributed by atoms with Gasteiger partial charge < -0.3 is 10.3 Å². The van der Waals surface area contributed by atoms with E-state index in [0.717, 1.165) is 23.9 Å². The fourth-order valence-corrected chi connectivity index (χ4v) is 4.10. The first-order valence-electron chi connectivity index (χ1n) is 6.05. The summed E-state index contributed by atoms with van der Waals surface area (Å²) in [7, 11) is -2.89. The molecule has 0 spiro atoms. The van der Waals surface area contributed by atoms with Crippen molar-refractivity contribution < 1.29 is 8.42 Å². The lowest BCUT2D eigenvalue weighted by molar-refractivity contribution is 0.591. The maximum absolute atomic E-state index is 11.7. The molecule has 1 atom stereocenters. The van der Waals surface area contributed by atoms with Crippen LogP contribution in [-0.4, -0.2) is 35.9 Å². The zero-order valence-electron chi connectivity index (χ0n) is 9.89. The van der Waals surface area contributed by atoms with Gasteiger partial charge in [0.1, 0.15) is 0 Å². The quantitative estimate of drug-likeness (QED) is 0.883. The van der Waals surface area contributed by atoms with E-state index in [0.29, 0.717) is 18.2 Å². The second kappa shape index (κ2) is 4.28. The lowest BCUT2D eigenvalue weighted by atomic mass is 10.2. The normalized spacial score (nSPS) is 22.3. The predicted octanol–water partition coefficient (Wildman–Crippen LogP) is 1.55. The summed E-state index contributed by atoms with van der Waals surface area (Å²) in [5, 5.41) is 2.81. The third-order valence-electron chi connectivity index (χ3n) is 3.35. The molecule has 1 fully saturated rings. The van der Waals surface area contributed by atoms with Gasteiger partial charge in [0.15, 0.2) is 9.84 Å². The zero-order valence-corrected chi connectivity index (χ0v) is 10.7. The van der Waals surface area contributed by atoms with Gasteiger partial charge in [0, 0.05) is 6.54 Å². The number of rotatable bonds is 3. The van der Waals surface area contributed by atoms with Crippen LogP contribution in [0.2, 0.25) is 0 Å². The molecule has 1 aliphatic heterocycles. The Morgan fingerprint density at radius 2 is 2.22 bits per heavy atom. The van der Waals surface area contributed by atoms with E-state index in [9.17, 15) is 8.42 Å². The van der Waals surface area contributed by atoms with Gasteiger partial charge in [0.2, 0.25) is 5.95 Å². The molecule has 1 aliphatic rings. The Morgan fingerprint density at radius 3 is 2.94 bits per heavy atom. The number of aromatic amines is 1. The van der Waals surface area contributed by atoms with Crippen LogP contribution in [0, 0.1) is 0 Å². The molecule has 2 N–H and O–H groups in total. The van der Waals surface area contributed by atoms with Crippen molar-refractivity contribution >= 4 is 26.8 Å². The number of para-hydroxylation sites is 2. The summed E-state index contributed by atoms with van der Waals surface area (Å²) in [5.74, 6) is 0.956. The first kappa shape index (κ1) is 11.5. The van der Waals surface area contributed by atoms with Crippen LogP contribution in [0.3, 0.4) is 0 Å². The smallest absolute Gasteiger partial charge is 0.201 e. The van der Waals surface area contributed by atoms with E-state index >= 15 is 0 Å². The molecule has 18 heavy (non-hydrogen) atoms. The van der Waals surface area contributed by atoms with Gasteiger partial charge in [-0.3, -0.25) is 0 Å². The van der Waals surface area contributed by atoms with Crippen molar-refractivity contribution in [3.63, 3.8) is 0 Å². The fourth-order valence-electron chi connectivity index (χ4n) is 2.33. The molecule has 3 rings (SSSR count). The van der Waals surface area contributed by atoms with Crippen LogP contribution in [-0.2, 0) is 9.84 Å². The number of aromatic nitrogens is 2. The summed E-state index contributed by atoms with van der Waals surface area (Å²) in [6, 6.07) is 7.73. The third-order valence-corrected chi connectivity index (χ3v) is 5.63. The topological polar surface area (TPSA) is 74.8 Å². The number of hydrogen-bond donors (Lipinski definition) is 2. The van der Waals surface area contributed by atoms with Crippen molar-refractivity contribution in [3.8, 4) is 0 Å². The zero-order chi connectivity index (χ0) is 12.6. The Hall–Kier alpha value is -1.56. The summed E-state index contributed by atoms with van der Waals surface area (Å²) >= 11 is 0. The highest BCUT2D eigenvalue weighted by Gasteiger charge is 2.30. The molecule has 0 aliphatic carbocycles. The highest BCUT2D eigenvalue weighted by Crippen LogP contribution is 2.20. The molecule has 0 amide bonds. The molecule has 96 valence electrons. The average Bonchev–Trinajstić information content (AvgIpc) is 2.89. The number of fused-ring (bicyclic) bond motifs is 1. The average molecular weight is 265 g/mol. The second-order valence-corrected chi connectivity index (χ2v) is 7.02. The van der Waals surface area contributed by atoms with E-state index in [2.05, 4.69) is 15.3 Å². The Kier molecular flexibility index (Phi) is 2.74. The van der Waals surface area contributed by atoms with Crippen molar-refractivity contribution in [2.75, 3.05) is 17.6 Å². The van der Waals surface area contributed by atoms with Crippen LogP contribution >= 0.6 is 0 Å². The van der Waals surface area contributed by atoms with Gasteiger partial charge >= 0.3 is 0 Å². The SMILES string of the molecule is O=S1(=O)CCCC1CNc1nc2ccccc2[nH]1. The van der Waals surface area contributed by atoms with Crippen LogP contribution in [0.25, 0.3) is 11.0 Å². The van der Waals surface area contributed by atoms with E-state index < -0.39 is 9.84 Å². The first-order chi connectivity index (χ1) is 8.65. The maximum atomic E-state index is 11.7. The van der Waals surface area contributed by atoms with Crippen molar-refractivity contribution in [3.05, 3.63) is 24.3 Å². The summed E-state index contributed by atoms with van der Waals surface area (Å²) in [6.45, 7) is 0.433. The van der Waals surface area contributed by atoms with Crippen molar-refractivity contribution in [2.24, 2.45) is 0 Å². The van der Waals surface area contributed by atoms with Crippen molar-refractivity contribution in [1.82, 2.24) is 9.97 Å². The molecule has 1 aromatic heterocycles. The minimum atomic E-state index is -2.89. The minimum Gasteiger partial charge on any atom is -0.354 e. The van der Waals surface area contributed by atoms with E-state index in [1.807, 2.05) is 24.3 Å². The van der Waals surface area contributed by atoms with Gasteiger partial charge in [0.05, 0.1) is 22.0 Å². The van der Waals surface area contributed by atoms with E-state index in [1.165, 1.54) is 0 Å². The molecule has 5 nitrogen and oxygen atoms in total. The number of hydrogen-bond acceptors (Lipinski definition) is 4. The van der Waals surface area contributed by atoms with E-state index in [1.54, 1.807) is 0 Å². The van der Waals surface area contributed by atoms with Gasteiger partial charge in [-0.05, 0) is 25.0 Å². The molecule has 2 aromatic rings. The Balaban J connectivity index is 1.73. The number of sulfone groups is 1. The van der Waals surface area contributed by atoms with Crippen LogP contribution in [0.5, 0.6) is 0 Å². The fraction of sp³-hybridized carbons (Fsp3) is 0.417. The molecule has 0 radical (unpaired) electrons. The molecule has 0 saturated carbocycles. The number of anilines is 1. The Morgan fingerprint density at radius 1 is 1.39 bits per heavy atom. The predicted molar refractivity (Wildman–Crippen MR) is 71.4 cm³/mol. The van der Waals surface area contributed by atoms with Crippen LogP contribution in [0.1, 0.15) is 12.8 Å². The highest BCUT2D eigenvalue weighted by atomic mass is 32.2. The number of H-pyrrole nitrogens is 1. The Labute approximate surface area is 106 Å². The number of nitrogens with zero attached hydrogens (tertiary/aromatic N) is 1. The van der Waals surface area contributed by atoms with Crippen molar-refractivity contribution in [2.45, 2.75) is 18.1 Å². The van der Waals surface area contributed by atoms with Crippen LogP contribution < -0.4 is 5.32 Å². The lowest BCUT2D eigenvalue weighted by Gasteiger charge is -2.09. The molecule has 1 unspecified atom stereocenters. The summed E-state index contributed by atoms with van der Waals surface area (Å²) in [6.07, 6.45) is 1.52. The largest absolute Gasteiger partial charge is 0.354 e. The summed E-state index contributed by atoms with van der Waals surface area (Å²) in [5.41, 5.74) is 1.84. The standard InChI is InChI=1S/C12H15N3O2S/c16-18(17)7-3-4-9(18)8-13-12-14-10-5-1-2-6-11(10)15-12/h1-2,5-6,9H,3-4,7-8H2,(H2,13,14,15). The van der Waals surface area contributed by atoms with Gasteiger partial charge in [-0.15, -0.1) is 0 Å². The highest BCUT2D eigenvalue weighted by molar-refractivity contribution is 7.92. The van der Waals surface area contributed by atoms with E-state index in [4.69, 9.17) is 0 Å². The number of imidazole rings is 1. The van der Waals surface area contributed by atoms with Crippen LogP contribution in [0.15, 0.2) is 24.3 Å².